The van der Waals surface area contributed by atoms with Crippen molar-refractivity contribution in [1.29, 1.82) is 0 Å². The monoisotopic (exact) mass is 1980 g/mol. The average molecular weight is 1980 g/mol. The lowest BCUT2D eigenvalue weighted by Crippen LogP contribution is -2.40. The summed E-state index contributed by atoms with van der Waals surface area (Å²) in [6, 6.07) is 0. The van der Waals surface area contributed by atoms with E-state index in [2.05, 4.69) is 230 Å². The Kier molecular flexibility index (Phi) is 64.7. The molecule has 20 heteroatoms. The molecule has 0 saturated heterocycles. The molecule has 19 nitrogen and oxygen atoms in total. The molecule has 0 aromatic heterocycles. The Morgan fingerprint density at radius 3 is 0.794 bits per heavy atom. The van der Waals surface area contributed by atoms with E-state index < -0.39 is 48.0 Å². The van der Waals surface area contributed by atoms with E-state index in [1.807, 2.05) is 34.0 Å². The number of allylic oxidation sites excluding steroid dienone is 33. The third-order valence-electron chi connectivity index (χ3n) is 27.9. The minimum atomic E-state index is -1.13. The Bertz CT molecular complexity index is 4550. The fourth-order valence-corrected chi connectivity index (χ4v) is 18.9. The molecule has 5 aliphatic carbocycles. The number of rotatable bonds is 50. The molecular weight excluding hydrogens is 1790 g/mol. The fraction of sp³-hybridized carbons (Fsp3) is 0.645. The van der Waals surface area contributed by atoms with Gasteiger partial charge in [0.1, 0.15) is 30.2 Å². The lowest BCUT2D eigenvalue weighted by molar-refractivity contribution is -0.132. The maximum absolute atomic E-state index is 12.6. The van der Waals surface area contributed by atoms with Gasteiger partial charge >= 0.3 is 0 Å². The van der Waals surface area contributed by atoms with Crippen molar-refractivity contribution in [3.05, 3.63) is 220 Å². The van der Waals surface area contributed by atoms with Crippen molar-refractivity contribution in [3.8, 4) is 0 Å². The van der Waals surface area contributed by atoms with Gasteiger partial charge in [-0.05, 0) is 303 Å². The van der Waals surface area contributed by atoms with Crippen LogP contribution in [0.5, 0.6) is 0 Å². The first-order valence-corrected chi connectivity index (χ1v) is 53.2. The zero-order valence-corrected chi connectivity index (χ0v) is 94.8. The van der Waals surface area contributed by atoms with Crippen LogP contribution in [-0.2, 0) is 57.1 Å². The topological polar surface area (TPSA) is 292 Å². The van der Waals surface area contributed by atoms with Gasteiger partial charge < -0.3 is 68.9 Å². The van der Waals surface area contributed by atoms with E-state index in [1.165, 1.54) is 159 Å². The molecule has 0 amide bonds. The Morgan fingerprint density at radius 2 is 0.532 bits per heavy atom. The van der Waals surface area contributed by atoms with E-state index in [-0.39, 0.29) is 117 Å². The van der Waals surface area contributed by atoms with E-state index >= 15 is 0 Å². The van der Waals surface area contributed by atoms with Crippen molar-refractivity contribution in [1.82, 2.24) is 0 Å². The number of carbonyl (C=O) groups is 5. The second-order valence-corrected chi connectivity index (χ2v) is 42.9. The number of Topliss-reactive ketones (excluding diaryl/α,β-unsaturated/α-hetero) is 5. The average Bonchev–Trinajstić information content (AvgIpc) is 0.798. The first kappa shape index (κ1) is 131. The zero-order chi connectivity index (χ0) is 107. The highest BCUT2D eigenvalue weighted by atomic mass is 32.2. The molecule has 0 saturated carbocycles. The fourth-order valence-electron chi connectivity index (χ4n) is 18.1. The Balaban J connectivity index is 0.000000892. The van der Waals surface area contributed by atoms with Gasteiger partial charge in [0.15, 0.2) is 28.8 Å². The molecule has 0 aliphatic heterocycles. The molecule has 15 unspecified atom stereocenters. The number of hydrogen-bond acceptors (Lipinski definition) is 20. The van der Waals surface area contributed by atoms with Crippen molar-refractivity contribution in [2.45, 2.75) is 390 Å². The van der Waals surface area contributed by atoms with Crippen LogP contribution < -0.4 is 0 Å². The Morgan fingerprint density at radius 1 is 0.291 bits per heavy atom. The SMILES string of the molecule is CCC/C(C)=C/CC1C(C)C(=O)C(OC)=C(OC)C1O.COC1=C(O)C(=O)C(C)C(C/C=C(\C)CC/C=C(\C)CC/C=C(\C)CC/C=C(\C)CCC=C(C)C)C1O.COC1=C(O)C(C)C(C/C=C(\C)CC/C=C(\C)CCC=C(C)C)C(O)C1=O.COC1=C(OC)C(O)C(C/C=C(\C)CC/C=C(\C)CCCC(C)(C)C)C(C)C1=O.COC1=C(SC)C(O)C(C/C=C(\C)CC/C=C(\C)CCC=C(C)C)C(C)C1=O. The molecule has 5 aliphatic rings. The molecule has 141 heavy (non-hydrogen) atoms. The molecular formula is C121H194O19S. The number of aliphatic hydroxyl groups is 7. The van der Waals surface area contributed by atoms with E-state index in [0.717, 1.165) is 128 Å². The largest absolute Gasteiger partial charge is 0.508 e. The van der Waals surface area contributed by atoms with Crippen molar-refractivity contribution in [2.75, 3.05) is 56.0 Å². The van der Waals surface area contributed by atoms with Crippen LogP contribution in [0.4, 0.5) is 0 Å². The van der Waals surface area contributed by atoms with E-state index in [4.69, 9.17) is 33.2 Å². The van der Waals surface area contributed by atoms with Crippen molar-refractivity contribution in [3.63, 3.8) is 0 Å². The number of ketones is 5. The summed E-state index contributed by atoms with van der Waals surface area (Å²) in [7, 11) is 10.00. The van der Waals surface area contributed by atoms with Gasteiger partial charge in [-0.25, -0.2) is 0 Å². The van der Waals surface area contributed by atoms with Crippen molar-refractivity contribution >= 4 is 40.7 Å². The quantitative estimate of drug-likeness (QED) is 0.0279. The van der Waals surface area contributed by atoms with E-state index in [1.54, 1.807) is 6.92 Å². The lowest BCUT2D eigenvalue weighted by atomic mass is 9.77. The number of hydrogen-bond donors (Lipinski definition) is 7. The molecule has 0 bridgehead atoms. The number of carbonyl (C=O) groups excluding carboxylic acids is 5. The molecule has 0 heterocycles. The molecule has 798 valence electrons. The summed E-state index contributed by atoms with van der Waals surface area (Å²) >= 11 is 1.41. The van der Waals surface area contributed by atoms with Gasteiger partial charge in [-0.3, -0.25) is 24.0 Å². The van der Waals surface area contributed by atoms with Crippen LogP contribution in [0.2, 0.25) is 0 Å². The summed E-state index contributed by atoms with van der Waals surface area (Å²) in [5, 5.41) is 72.8. The predicted octanol–water partition coefficient (Wildman–Crippen LogP) is 29.3. The zero-order valence-electron chi connectivity index (χ0n) is 94.0. The van der Waals surface area contributed by atoms with Gasteiger partial charge in [-0.1, -0.05) is 232 Å². The molecule has 0 spiro atoms. The second kappa shape index (κ2) is 69.7. The Labute approximate surface area is 859 Å². The van der Waals surface area contributed by atoms with Crippen LogP contribution in [-0.4, -0.2) is 151 Å². The number of methoxy groups -OCH3 is 7. The second-order valence-electron chi connectivity index (χ2n) is 42.0. The van der Waals surface area contributed by atoms with Crippen LogP contribution in [0.15, 0.2) is 220 Å². The van der Waals surface area contributed by atoms with Gasteiger partial charge in [-0.15, -0.1) is 11.8 Å². The van der Waals surface area contributed by atoms with Crippen LogP contribution in [0.1, 0.15) is 360 Å². The molecule has 0 aromatic carbocycles. The third kappa shape index (κ3) is 47.2. The predicted molar refractivity (Wildman–Crippen MR) is 585 cm³/mol. The molecule has 5 rings (SSSR count). The molecule has 0 aromatic rings. The van der Waals surface area contributed by atoms with Gasteiger partial charge in [-0.2, -0.15) is 0 Å². The van der Waals surface area contributed by atoms with E-state index in [0.29, 0.717) is 48.2 Å². The smallest absolute Gasteiger partial charge is 0.229 e. The van der Waals surface area contributed by atoms with Crippen molar-refractivity contribution < 1.29 is 92.9 Å². The molecule has 15 atom stereocenters. The lowest BCUT2D eigenvalue weighted by Gasteiger charge is -2.34. The maximum Gasteiger partial charge on any atom is 0.229 e. The third-order valence-corrected chi connectivity index (χ3v) is 28.8. The molecule has 0 fully saturated rings. The normalized spacial score (nSPS) is 24.1. The standard InChI is InChI=1S/C33H52O4.C25H42O4.C24H38O3S.C23H36O4.C16H26O4/c1-23(2)13-9-14-24(3)15-10-16-25(4)17-11-18-26(5)19-12-20-27(6)21-22-29-28(7)30(34)32(36)33(37-8)31(29)35;1-17(13-10-16-25(4,5)6)11-9-12-18(2)14-15-20-19(3)21(26)23(28-7)24(29-8)22(20)27;1-16(2)10-8-11-17(3)12-9-13-18(4)14-15-20-19(5)21(25)23(27-6)24(28-7)22(20)26;1-15(2)9-7-10-16(3)11-8-12-17(4)13-14-19-18(5)20(24)23(27-6)22(26)21(19)25;1-6-7-10(2)8-9-12-11(3)13(17)15(19-4)16(20-5)14(12)18/h13,15,17,19,21,28-29,31,35-36H,9-12,14,16,18,20,22H2,1-8H3;11,14,19-20,22,27H,9-10,12-13,15-16H2,1-8H3;10,12,14,19-20,22,26H,8-9,11,13,15H2,1-7H3;9,11,13,18-19,21,24-25H,7-8,10,12,14H2,1-6H3;8,11-12,14,18H,6-7,9H2,1-5H3/b24-15+,25-17+,26-19+,27-21+;17-11+,18-14+;17-12+,18-14+;16-11+,17-13+;10-8+. The Hall–Kier alpha value is -8.24. The summed E-state index contributed by atoms with van der Waals surface area (Å²) in [6.45, 7) is 54.8. The van der Waals surface area contributed by atoms with Crippen molar-refractivity contribution in [2.24, 2.45) is 64.6 Å². The summed E-state index contributed by atoms with van der Waals surface area (Å²) in [6.07, 6.45) is 57.2. The van der Waals surface area contributed by atoms with E-state index in [9.17, 15) is 59.7 Å². The van der Waals surface area contributed by atoms with Gasteiger partial charge in [0.2, 0.25) is 46.2 Å². The highest BCUT2D eigenvalue weighted by Crippen LogP contribution is 2.43. The highest BCUT2D eigenvalue weighted by Gasteiger charge is 2.47. The van der Waals surface area contributed by atoms with Crippen LogP contribution in [0.25, 0.3) is 0 Å². The summed E-state index contributed by atoms with van der Waals surface area (Å²) in [5.41, 5.74) is 19.6. The summed E-state index contributed by atoms with van der Waals surface area (Å²) < 4.78 is 36.0. The van der Waals surface area contributed by atoms with Crippen LogP contribution in [0, 0.1) is 64.6 Å². The van der Waals surface area contributed by atoms with Gasteiger partial charge in [0.05, 0.1) is 60.8 Å². The maximum atomic E-state index is 12.6. The minimum Gasteiger partial charge on any atom is -0.508 e. The summed E-state index contributed by atoms with van der Waals surface area (Å²) in [5.74, 6) is -3.19. The highest BCUT2D eigenvalue weighted by molar-refractivity contribution is 8.02. The minimum absolute atomic E-state index is 0.00290. The van der Waals surface area contributed by atoms with Gasteiger partial charge in [0, 0.05) is 59.2 Å². The number of aliphatic hydroxyl groups excluding tert-OH is 7. The number of ether oxygens (including phenoxy) is 7. The van der Waals surface area contributed by atoms with Crippen LogP contribution >= 0.6 is 11.8 Å². The van der Waals surface area contributed by atoms with Gasteiger partial charge in [0.25, 0.3) is 0 Å². The van der Waals surface area contributed by atoms with Crippen LogP contribution in [0.3, 0.4) is 0 Å². The number of thioether (sulfide) groups is 1. The molecule has 7 N–H and O–H groups in total. The first-order valence-electron chi connectivity index (χ1n) is 52.0. The first-order chi connectivity index (χ1) is 66.4. The molecule has 0 radical (unpaired) electrons. The summed E-state index contributed by atoms with van der Waals surface area (Å²) in [4.78, 5) is 62.4.